The van der Waals surface area contributed by atoms with Gasteiger partial charge in [-0.3, -0.25) is 0 Å². The van der Waals surface area contributed by atoms with Crippen LogP contribution >= 0.6 is 11.8 Å². The number of benzene rings is 4. The first-order valence-corrected chi connectivity index (χ1v) is 35.0. The summed E-state index contributed by atoms with van der Waals surface area (Å²) in [5.74, 6) is -0.219. The molecular formula is C58H86O10SSi3. The third-order valence-corrected chi connectivity index (χ3v) is 26.2. The predicted molar refractivity (Wildman–Crippen MR) is 302 cm³/mol. The monoisotopic (exact) mass is 1060 g/mol. The summed E-state index contributed by atoms with van der Waals surface area (Å²) in [6.45, 7) is 29.0. The van der Waals surface area contributed by atoms with Gasteiger partial charge in [0.25, 0.3) is 8.32 Å². The Morgan fingerprint density at radius 3 is 1.94 bits per heavy atom. The van der Waals surface area contributed by atoms with E-state index >= 15 is 0 Å². The highest BCUT2D eigenvalue weighted by atomic mass is 32.2. The second-order valence-corrected chi connectivity index (χ2v) is 38.8. The summed E-state index contributed by atoms with van der Waals surface area (Å²) in [6, 6.07) is 33.4. The molecule has 0 aromatic heterocycles. The van der Waals surface area contributed by atoms with E-state index in [0.717, 1.165) is 34.2 Å². The Bertz CT molecular complexity index is 2310. The molecule has 5 atom stereocenters. The molecule has 0 saturated carbocycles. The Kier molecular flexibility index (Phi) is 20.7. The van der Waals surface area contributed by atoms with Crippen LogP contribution in [0.2, 0.25) is 48.9 Å². The highest BCUT2D eigenvalue weighted by Gasteiger charge is 2.51. The zero-order valence-corrected chi connectivity index (χ0v) is 50.1. The van der Waals surface area contributed by atoms with Gasteiger partial charge in [-0.25, -0.2) is 4.79 Å². The van der Waals surface area contributed by atoms with Gasteiger partial charge in [-0.2, -0.15) is 0 Å². The van der Waals surface area contributed by atoms with Crippen LogP contribution in [0, 0.1) is 5.92 Å². The molecule has 0 amide bonds. The second kappa shape index (κ2) is 25.2. The van der Waals surface area contributed by atoms with Crippen LogP contribution in [0.4, 0.5) is 0 Å². The molecule has 0 spiro atoms. The lowest BCUT2D eigenvalue weighted by Gasteiger charge is -2.42. The zero-order valence-electron chi connectivity index (χ0n) is 46.3. The molecule has 10 nitrogen and oxygen atoms in total. The van der Waals surface area contributed by atoms with Crippen molar-refractivity contribution >= 4 is 52.8 Å². The molecule has 1 aliphatic heterocycles. The molecule has 396 valence electrons. The normalized spacial score (nSPS) is 17.9. The number of carbonyl (C=O) groups is 1. The van der Waals surface area contributed by atoms with Crippen LogP contribution in [0.25, 0.3) is 0 Å². The van der Waals surface area contributed by atoms with Gasteiger partial charge in [-0.05, 0) is 109 Å². The number of hydrogen-bond donors (Lipinski definition) is 1. The Hall–Kier alpha value is -3.71. The SMILES string of the molecule is COCOc1c(OC)c(OC)cc(C(CC[C@@H]2OC(C)(C)O[C@@H]2C(/C=C\C[C@H](C)CC(C)(C)[Si](O)(c2ccccc2)c2ccccc2)O[Si](C)(C)C(C)(C)C)Sc2ccccc2)c1C(=O)OCC[Si](C)(C)C. The van der Waals surface area contributed by atoms with E-state index in [4.69, 9.17) is 37.6 Å². The van der Waals surface area contributed by atoms with Gasteiger partial charge in [0.1, 0.15) is 11.7 Å². The molecule has 0 radical (unpaired) electrons. The largest absolute Gasteiger partial charge is 0.493 e. The topological polar surface area (TPSA) is 111 Å². The molecule has 1 aliphatic rings. The van der Waals surface area contributed by atoms with Gasteiger partial charge in [0.05, 0.1) is 33.0 Å². The summed E-state index contributed by atoms with van der Waals surface area (Å²) in [5.41, 5.74) is 0.975. The van der Waals surface area contributed by atoms with Crippen molar-refractivity contribution in [3.8, 4) is 17.2 Å². The van der Waals surface area contributed by atoms with Gasteiger partial charge in [-0.15, -0.1) is 11.8 Å². The van der Waals surface area contributed by atoms with E-state index in [9.17, 15) is 9.59 Å². The molecule has 1 N–H and O–H groups in total. The number of esters is 1. The van der Waals surface area contributed by atoms with Gasteiger partial charge < -0.3 is 42.4 Å². The molecular weight excluding hydrogens is 973 g/mol. The van der Waals surface area contributed by atoms with Crippen molar-refractivity contribution in [2.45, 2.75) is 164 Å². The Balaban J connectivity index is 1.52. The summed E-state index contributed by atoms with van der Waals surface area (Å²) in [6.07, 6.45) is 6.00. The fraction of sp³-hybridized carbons (Fsp3) is 0.534. The van der Waals surface area contributed by atoms with Crippen LogP contribution in [-0.2, 0) is 23.4 Å². The molecule has 0 aliphatic carbocycles. The first kappa shape index (κ1) is 59.2. The predicted octanol–water partition coefficient (Wildman–Crippen LogP) is 13.2. The Morgan fingerprint density at radius 1 is 0.833 bits per heavy atom. The molecule has 14 heteroatoms. The maximum Gasteiger partial charge on any atom is 0.342 e. The lowest BCUT2D eigenvalue weighted by molar-refractivity contribution is -0.152. The third kappa shape index (κ3) is 15.2. The van der Waals surface area contributed by atoms with E-state index in [1.165, 1.54) is 14.2 Å². The second-order valence-electron chi connectivity index (χ2n) is 23.2. The van der Waals surface area contributed by atoms with Gasteiger partial charge in [-0.1, -0.05) is 152 Å². The van der Waals surface area contributed by atoms with E-state index < -0.39 is 48.7 Å². The Labute approximate surface area is 440 Å². The van der Waals surface area contributed by atoms with Gasteiger partial charge >= 0.3 is 5.97 Å². The van der Waals surface area contributed by atoms with Crippen molar-refractivity contribution in [1.82, 2.24) is 0 Å². The average Bonchev–Trinajstić information content (AvgIpc) is 3.64. The van der Waals surface area contributed by atoms with E-state index in [1.807, 2.05) is 74.5 Å². The van der Waals surface area contributed by atoms with Crippen molar-refractivity contribution < 1.29 is 47.2 Å². The van der Waals surface area contributed by atoms with Crippen LogP contribution in [0.5, 0.6) is 17.2 Å². The third-order valence-electron chi connectivity index (χ3n) is 14.2. The number of carbonyl (C=O) groups excluding carboxylic acids is 1. The van der Waals surface area contributed by atoms with Crippen molar-refractivity contribution in [2.24, 2.45) is 5.92 Å². The van der Waals surface area contributed by atoms with Crippen molar-refractivity contribution in [2.75, 3.05) is 34.7 Å². The van der Waals surface area contributed by atoms with Gasteiger partial charge in [0.2, 0.25) is 5.75 Å². The fourth-order valence-electron chi connectivity index (χ4n) is 9.43. The lowest BCUT2D eigenvalue weighted by Crippen LogP contribution is -2.65. The number of thioether (sulfide) groups is 1. The minimum Gasteiger partial charge on any atom is -0.493 e. The van der Waals surface area contributed by atoms with Crippen molar-refractivity contribution in [3.05, 3.63) is 120 Å². The van der Waals surface area contributed by atoms with Crippen molar-refractivity contribution in [1.29, 1.82) is 0 Å². The molecule has 5 rings (SSSR count). The summed E-state index contributed by atoms with van der Waals surface area (Å²) >= 11 is 1.66. The lowest BCUT2D eigenvalue weighted by atomic mass is 9.94. The first-order valence-electron chi connectivity index (χ1n) is 25.6. The number of hydrogen-bond acceptors (Lipinski definition) is 11. The van der Waals surface area contributed by atoms with Crippen LogP contribution in [0.3, 0.4) is 0 Å². The van der Waals surface area contributed by atoms with Crippen LogP contribution in [0.15, 0.2) is 114 Å². The summed E-state index contributed by atoms with van der Waals surface area (Å²) in [7, 11) is -2.46. The first-order chi connectivity index (χ1) is 33.8. The van der Waals surface area contributed by atoms with Crippen LogP contribution in [-0.4, -0.2) is 94.3 Å². The number of rotatable bonds is 26. The average molecular weight is 1060 g/mol. The number of methoxy groups -OCH3 is 3. The summed E-state index contributed by atoms with van der Waals surface area (Å²) in [4.78, 5) is 28.5. The Morgan fingerprint density at radius 2 is 1.42 bits per heavy atom. The summed E-state index contributed by atoms with van der Waals surface area (Å²) < 4.78 is 50.7. The zero-order chi connectivity index (χ0) is 53.1. The molecule has 1 heterocycles. The highest BCUT2D eigenvalue weighted by Crippen LogP contribution is 2.51. The van der Waals surface area contributed by atoms with Crippen molar-refractivity contribution in [3.63, 3.8) is 0 Å². The van der Waals surface area contributed by atoms with E-state index in [2.05, 4.69) is 123 Å². The molecule has 1 fully saturated rings. The van der Waals surface area contributed by atoms with E-state index in [1.54, 1.807) is 18.9 Å². The smallest absolute Gasteiger partial charge is 0.342 e. The summed E-state index contributed by atoms with van der Waals surface area (Å²) in [5, 5.41) is 1.27. The molecule has 2 unspecified atom stereocenters. The molecule has 4 aromatic rings. The maximum atomic E-state index is 14.6. The van der Waals surface area contributed by atoms with Crippen LogP contribution < -0.4 is 24.6 Å². The van der Waals surface area contributed by atoms with Crippen LogP contribution in [0.1, 0.15) is 102 Å². The number of ether oxygens (including phenoxy) is 7. The van der Waals surface area contributed by atoms with E-state index in [0.29, 0.717) is 24.2 Å². The van der Waals surface area contributed by atoms with Gasteiger partial charge in [0.15, 0.2) is 32.4 Å². The fourth-order valence-corrected chi connectivity index (χ4v) is 16.5. The maximum absolute atomic E-state index is 14.6. The molecule has 72 heavy (non-hydrogen) atoms. The minimum absolute atomic E-state index is 0.0711. The highest BCUT2D eigenvalue weighted by molar-refractivity contribution is 7.99. The molecule has 0 bridgehead atoms. The molecule has 4 aromatic carbocycles. The minimum atomic E-state index is -3.19. The van der Waals surface area contributed by atoms with Gasteiger partial charge in [0, 0.05) is 25.3 Å². The molecule has 1 saturated heterocycles. The quantitative estimate of drug-likeness (QED) is 0.0213. The standard InChI is InChI=1S/C58H86O10SSi3/c1-42(40-57(5,6)72(60,44-30-22-18-23-31-44)45-32-24-19-25-33-45)27-26-34-48(68-71(15,16)56(2,3)4)52-47(66-58(7,8)67-52)35-36-50(69-43-28-20-17-21-29-43)46-39-49(62-10)53(63-11)54(65-41-61-9)51(46)55(59)64-37-38-70(12,13)14/h17-26,28-34,39,42,47-48,50,52,60H,27,35-38,40-41H2,1-16H3/b34-26-/t42-,47-,48?,50?,52-/m0/s1. The van der Waals surface area contributed by atoms with E-state index in [-0.39, 0.29) is 57.8 Å². The number of allylic oxidation sites excluding steroid dienone is 1.